The number of H-pyrrole nitrogens is 1. The van der Waals surface area contributed by atoms with Gasteiger partial charge in [0.05, 0.1) is 0 Å². The zero-order valence-corrected chi connectivity index (χ0v) is 5.22. The Morgan fingerprint density at radius 2 is 2.18 bits per heavy atom. The van der Waals surface area contributed by atoms with Crippen molar-refractivity contribution in [2.45, 2.75) is 12.3 Å². The predicted octanol–water partition coefficient (Wildman–Crippen LogP) is 1.44. The molecule has 3 nitrogen and oxygen atoms in total. The third kappa shape index (κ3) is 1.70. The van der Waals surface area contributed by atoms with E-state index in [9.17, 15) is 18.3 Å². The van der Waals surface area contributed by atoms with Crippen LogP contribution in [0.3, 0.4) is 0 Å². The lowest BCUT2D eigenvalue weighted by molar-refractivity contribution is -0.226. The fraction of sp³-hybridized carbons (Fsp3) is 0.400. The highest BCUT2D eigenvalue weighted by Crippen LogP contribution is 2.31. The lowest BCUT2D eigenvalue weighted by Crippen LogP contribution is -2.19. The summed E-state index contributed by atoms with van der Waals surface area (Å²) in [5.74, 6) is 0. The third-order valence-corrected chi connectivity index (χ3v) is 1.09. The number of halogens is 3. The fourth-order valence-electron chi connectivity index (χ4n) is 0.585. The number of aromatic amines is 1. The van der Waals surface area contributed by atoms with Gasteiger partial charge in [0.2, 0.25) is 6.10 Å². The zero-order chi connectivity index (χ0) is 8.48. The third-order valence-electron chi connectivity index (χ3n) is 1.09. The quantitative estimate of drug-likeness (QED) is 0.672. The van der Waals surface area contributed by atoms with Crippen LogP contribution < -0.4 is 0 Å². The minimum absolute atomic E-state index is 0.530. The van der Waals surface area contributed by atoms with E-state index in [4.69, 9.17) is 0 Å². The first kappa shape index (κ1) is 8.06. The van der Waals surface area contributed by atoms with Gasteiger partial charge in [0, 0.05) is 6.20 Å². The summed E-state index contributed by atoms with van der Waals surface area (Å²) in [5.41, 5.74) is -0.530. The monoisotopic (exact) mass is 165 g/mol. The molecule has 1 N–H and O–H groups in total. The first-order valence-corrected chi connectivity index (χ1v) is 2.74. The maximum atomic E-state index is 11.6. The van der Waals surface area contributed by atoms with Crippen LogP contribution in [0.25, 0.3) is 0 Å². The van der Waals surface area contributed by atoms with Gasteiger partial charge in [-0.05, 0) is 6.07 Å². The molecule has 0 aliphatic carbocycles. The summed E-state index contributed by atoms with van der Waals surface area (Å²) in [4.78, 5) is 0. The summed E-state index contributed by atoms with van der Waals surface area (Å²) < 4.78 is 34.9. The Morgan fingerprint density at radius 1 is 1.55 bits per heavy atom. The maximum absolute atomic E-state index is 11.6. The minimum atomic E-state index is -4.75. The van der Waals surface area contributed by atoms with Gasteiger partial charge in [0.15, 0.2) is 0 Å². The Kier molecular flexibility index (Phi) is 1.86. The Labute approximate surface area is 59.8 Å². The number of hydrogen-bond donors (Lipinski definition) is 1. The molecule has 6 heteroatoms. The molecule has 0 saturated heterocycles. The van der Waals surface area contributed by atoms with Crippen LogP contribution in [0.4, 0.5) is 13.2 Å². The van der Waals surface area contributed by atoms with Gasteiger partial charge < -0.3 is 0 Å². The van der Waals surface area contributed by atoms with E-state index < -0.39 is 18.0 Å². The van der Waals surface area contributed by atoms with E-state index >= 15 is 0 Å². The smallest absolute Gasteiger partial charge is 0.285 e. The van der Waals surface area contributed by atoms with Crippen LogP contribution in [0.5, 0.6) is 0 Å². The minimum Gasteiger partial charge on any atom is -0.285 e. The first-order valence-electron chi connectivity index (χ1n) is 2.74. The molecule has 0 aliphatic heterocycles. The van der Waals surface area contributed by atoms with Crippen LogP contribution in [0, 0.1) is 0 Å². The van der Waals surface area contributed by atoms with Gasteiger partial charge in [0.25, 0.3) is 0 Å². The summed E-state index contributed by atoms with van der Waals surface area (Å²) >= 11 is 0. The van der Waals surface area contributed by atoms with Crippen LogP contribution in [0.15, 0.2) is 12.3 Å². The van der Waals surface area contributed by atoms with Crippen molar-refractivity contribution < 1.29 is 18.3 Å². The molecule has 1 radical (unpaired) electrons. The molecule has 1 unspecified atom stereocenters. The van der Waals surface area contributed by atoms with Gasteiger partial charge >= 0.3 is 6.18 Å². The lowest BCUT2D eigenvalue weighted by atomic mass is 10.2. The number of rotatable bonds is 1. The molecule has 61 valence electrons. The Bertz CT molecular complexity index is 218. The number of alkyl halides is 3. The standard InChI is InChI=1S/C5H4F3N2O/c6-5(7,8)4(11)3-1-2-9-10-3/h1-2,4H,(H,9,10). The molecular weight excluding hydrogens is 161 g/mol. The normalized spacial score (nSPS) is 14.9. The van der Waals surface area contributed by atoms with Crippen LogP contribution in [-0.2, 0) is 5.11 Å². The van der Waals surface area contributed by atoms with Gasteiger partial charge in [0.1, 0.15) is 5.69 Å². The van der Waals surface area contributed by atoms with Crippen molar-refractivity contribution in [1.29, 1.82) is 0 Å². The Morgan fingerprint density at radius 3 is 2.55 bits per heavy atom. The van der Waals surface area contributed by atoms with Crippen molar-refractivity contribution in [3.8, 4) is 0 Å². The van der Waals surface area contributed by atoms with Crippen molar-refractivity contribution in [3.05, 3.63) is 18.0 Å². The average molecular weight is 165 g/mol. The van der Waals surface area contributed by atoms with E-state index in [-0.39, 0.29) is 0 Å². The molecular formula is C5H4F3N2O. The molecule has 0 fully saturated rings. The van der Waals surface area contributed by atoms with Crippen LogP contribution >= 0.6 is 0 Å². The highest BCUT2D eigenvalue weighted by Gasteiger charge is 2.42. The van der Waals surface area contributed by atoms with Gasteiger partial charge in [-0.25, -0.2) is 5.11 Å². The Hall–Kier alpha value is -1.04. The van der Waals surface area contributed by atoms with E-state index in [1.807, 2.05) is 0 Å². The number of hydrogen-bond acceptors (Lipinski definition) is 1. The number of nitrogens with one attached hydrogen (secondary N) is 1. The van der Waals surface area contributed by atoms with E-state index in [2.05, 4.69) is 10.2 Å². The van der Waals surface area contributed by atoms with E-state index in [1.165, 1.54) is 6.20 Å². The van der Waals surface area contributed by atoms with Crippen LogP contribution in [0.2, 0.25) is 0 Å². The second-order valence-electron chi connectivity index (χ2n) is 1.92. The molecule has 0 spiro atoms. The molecule has 0 bridgehead atoms. The SMILES string of the molecule is [O]C(c1cc[nH]n1)C(F)(F)F. The molecule has 0 aromatic carbocycles. The second-order valence-corrected chi connectivity index (χ2v) is 1.92. The second kappa shape index (κ2) is 2.54. The topological polar surface area (TPSA) is 48.6 Å². The largest absolute Gasteiger partial charge is 0.423 e. The van der Waals surface area contributed by atoms with Gasteiger partial charge in [-0.3, -0.25) is 5.10 Å². The molecule has 1 aromatic rings. The van der Waals surface area contributed by atoms with Crippen molar-refractivity contribution in [2.75, 3.05) is 0 Å². The van der Waals surface area contributed by atoms with Crippen molar-refractivity contribution >= 4 is 0 Å². The molecule has 0 aliphatic rings. The lowest BCUT2D eigenvalue weighted by Gasteiger charge is -2.08. The fourth-order valence-corrected chi connectivity index (χ4v) is 0.585. The van der Waals surface area contributed by atoms with E-state index in [0.29, 0.717) is 0 Å². The summed E-state index contributed by atoms with van der Waals surface area (Å²) in [7, 11) is 0. The van der Waals surface area contributed by atoms with E-state index in [1.54, 1.807) is 0 Å². The molecule has 1 atom stereocenters. The average Bonchev–Trinajstić information content (AvgIpc) is 2.34. The van der Waals surface area contributed by atoms with Crippen molar-refractivity contribution in [3.63, 3.8) is 0 Å². The molecule has 11 heavy (non-hydrogen) atoms. The summed E-state index contributed by atoms with van der Waals surface area (Å²) in [6, 6.07) is 1.01. The van der Waals surface area contributed by atoms with Crippen LogP contribution in [-0.4, -0.2) is 16.4 Å². The molecule has 1 aromatic heterocycles. The van der Waals surface area contributed by atoms with Crippen molar-refractivity contribution in [2.24, 2.45) is 0 Å². The van der Waals surface area contributed by atoms with Gasteiger partial charge in [-0.15, -0.1) is 0 Å². The first-order chi connectivity index (χ1) is 5.02. The summed E-state index contributed by atoms with van der Waals surface area (Å²) in [6.07, 6.45) is -6.32. The molecule has 1 rings (SSSR count). The van der Waals surface area contributed by atoms with Crippen molar-refractivity contribution in [1.82, 2.24) is 10.2 Å². The van der Waals surface area contributed by atoms with E-state index in [0.717, 1.165) is 6.07 Å². The highest BCUT2D eigenvalue weighted by atomic mass is 19.4. The van der Waals surface area contributed by atoms with Gasteiger partial charge in [-0.2, -0.15) is 18.3 Å². The summed E-state index contributed by atoms with van der Waals surface area (Å²) in [6.45, 7) is 0. The van der Waals surface area contributed by atoms with Gasteiger partial charge in [-0.1, -0.05) is 0 Å². The predicted molar refractivity (Wildman–Crippen MR) is 28.1 cm³/mol. The number of nitrogens with zero attached hydrogens (tertiary/aromatic N) is 1. The highest BCUT2D eigenvalue weighted by molar-refractivity contribution is 5.03. The maximum Gasteiger partial charge on any atom is 0.423 e. The number of aromatic nitrogens is 2. The molecule has 0 saturated carbocycles. The summed E-state index contributed by atoms with van der Waals surface area (Å²) in [5, 5.41) is 15.7. The zero-order valence-electron chi connectivity index (χ0n) is 5.22. The Balaban J connectivity index is 2.78. The molecule has 1 heterocycles. The molecule has 0 amide bonds. The van der Waals surface area contributed by atoms with Crippen LogP contribution in [0.1, 0.15) is 11.8 Å².